The molecule has 146 valence electrons. The summed E-state index contributed by atoms with van der Waals surface area (Å²) in [5.74, 6) is -0.128. The fraction of sp³-hybridized carbons (Fsp3) is 0.632. The minimum atomic E-state index is -3.23. The Balaban J connectivity index is 1.83. The monoisotopic (exact) mass is 381 g/mol. The van der Waals surface area contributed by atoms with Crippen LogP contribution in [0, 0.1) is 5.92 Å². The Morgan fingerprint density at radius 1 is 1.27 bits per heavy atom. The van der Waals surface area contributed by atoms with Crippen molar-refractivity contribution < 1.29 is 13.2 Å². The topological polar surface area (TPSA) is 69.7 Å². The molecule has 1 aliphatic rings. The van der Waals surface area contributed by atoms with Gasteiger partial charge in [0.25, 0.3) is 0 Å². The van der Waals surface area contributed by atoms with Crippen LogP contribution in [-0.4, -0.2) is 57.1 Å². The molecule has 0 unspecified atom stereocenters. The lowest BCUT2D eigenvalue weighted by molar-refractivity contribution is -0.126. The highest BCUT2D eigenvalue weighted by atomic mass is 32.2. The minimum Gasteiger partial charge on any atom is -0.370 e. The summed E-state index contributed by atoms with van der Waals surface area (Å²) in [5.41, 5.74) is 1.14. The highest BCUT2D eigenvalue weighted by Crippen LogP contribution is 2.20. The lowest BCUT2D eigenvalue weighted by atomic mass is 9.99. The molecule has 0 aromatic heterocycles. The Labute approximate surface area is 157 Å². The van der Waals surface area contributed by atoms with Crippen LogP contribution in [0.5, 0.6) is 0 Å². The summed E-state index contributed by atoms with van der Waals surface area (Å²) in [6.45, 7) is 6.95. The van der Waals surface area contributed by atoms with E-state index in [0.717, 1.165) is 31.6 Å². The Hall–Kier alpha value is -1.60. The molecular formula is C19H31N3O3S. The Morgan fingerprint density at radius 3 is 2.65 bits per heavy atom. The van der Waals surface area contributed by atoms with E-state index < -0.39 is 10.0 Å². The van der Waals surface area contributed by atoms with Gasteiger partial charge in [0.2, 0.25) is 15.9 Å². The number of para-hydroxylation sites is 1. The van der Waals surface area contributed by atoms with Gasteiger partial charge in [0.1, 0.15) is 0 Å². The zero-order chi connectivity index (χ0) is 19.0. The standard InChI is InChI=1S/C19H31N3O3S/c1-3-15-26(24,25)22-13-8-9-17(16-22)19(23)20-12-14-21(4-2)18-10-6-5-7-11-18/h5-7,10-11,17H,3-4,8-9,12-16H2,1-2H3,(H,20,23)/t17-/m1/s1. The molecule has 6 nitrogen and oxygen atoms in total. The first kappa shape index (κ1) is 20.7. The van der Waals surface area contributed by atoms with E-state index >= 15 is 0 Å². The molecule has 1 fully saturated rings. The van der Waals surface area contributed by atoms with Gasteiger partial charge >= 0.3 is 0 Å². The Kier molecular flexibility index (Phi) is 7.90. The predicted molar refractivity (Wildman–Crippen MR) is 106 cm³/mol. The van der Waals surface area contributed by atoms with Crippen LogP contribution >= 0.6 is 0 Å². The normalized spacial score (nSPS) is 18.5. The molecular weight excluding hydrogens is 350 g/mol. The van der Waals surface area contributed by atoms with E-state index in [9.17, 15) is 13.2 Å². The zero-order valence-electron chi connectivity index (χ0n) is 15.9. The smallest absolute Gasteiger partial charge is 0.224 e. The van der Waals surface area contributed by atoms with Gasteiger partial charge in [-0.1, -0.05) is 25.1 Å². The van der Waals surface area contributed by atoms with Crippen molar-refractivity contribution in [3.8, 4) is 0 Å². The molecule has 1 aromatic carbocycles. The third-order valence-corrected chi connectivity index (χ3v) is 6.84. The summed E-state index contributed by atoms with van der Waals surface area (Å²) in [4.78, 5) is 14.7. The Bertz CT molecular complexity index is 664. The first-order chi connectivity index (χ1) is 12.5. The number of hydrogen-bond donors (Lipinski definition) is 1. The van der Waals surface area contributed by atoms with Crippen molar-refractivity contribution in [2.24, 2.45) is 5.92 Å². The summed E-state index contributed by atoms with van der Waals surface area (Å²) < 4.78 is 26.0. The second-order valence-electron chi connectivity index (χ2n) is 6.72. The first-order valence-corrected chi connectivity index (χ1v) is 11.1. The first-order valence-electron chi connectivity index (χ1n) is 9.53. The van der Waals surface area contributed by atoms with Crippen molar-refractivity contribution >= 4 is 21.6 Å². The van der Waals surface area contributed by atoms with Gasteiger partial charge < -0.3 is 10.2 Å². The molecule has 1 amide bonds. The summed E-state index contributed by atoms with van der Waals surface area (Å²) in [7, 11) is -3.23. The van der Waals surface area contributed by atoms with Crippen molar-refractivity contribution in [3.05, 3.63) is 30.3 Å². The number of likely N-dealkylation sites (N-methyl/N-ethyl adjacent to an activating group) is 1. The average Bonchev–Trinajstić information content (AvgIpc) is 2.66. The van der Waals surface area contributed by atoms with Crippen LogP contribution in [0.15, 0.2) is 30.3 Å². The molecule has 1 heterocycles. The highest BCUT2D eigenvalue weighted by Gasteiger charge is 2.31. The molecule has 1 N–H and O–H groups in total. The molecule has 1 aromatic rings. The third kappa shape index (κ3) is 5.71. The lowest BCUT2D eigenvalue weighted by Gasteiger charge is -2.31. The lowest BCUT2D eigenvalue weighted by Crippen LogP contribution is -2.47. The van der Waals surface area contributed by atoms with Crippen LogP contribution in [0.2, 0.25) is 0 Å². The maximum Gasteiger partial charge on any atom is 0.224 e. The van der Waals surface area contributed by atoms with Crippen LogP contribution in [-0.2, 0) is 14.8 Å². The number of hydrogen-bond acceptors (Lipinski definition) is 4. The van der Waals surface area contributed by atoms with Crippen molar-refractivity contribution in [1.29, 1.82) is 0 Å². The number of carbonyl (C=O) groups is 1. The SMILES string of the molecule is CCCS(=O)(=O)N1CCC[C@@H](C(=O)NCCN(CC)c2ccccc2)C1. The van der Waals surface area contributed by atoms with Gasteiger partial charge in [0.15, 0.2) is 0 Å². The van der Waals surface area contributed by atoms with Crippen LogP contribution in [0.3, 0.4) is 0 Å². The highest BCUT2D eigenvalue weighted by molar-refractivity contribution is 7.89. The van der Waals surface area contributed by atoms with E-state index in [1.165, 1.54) is 4.31 Å². The molecule has 0 radical (unpaired) electrons. The summed E-state index contributed by atoms with van der Waals surface area (Å²) in [6.07, 6.45) is 2.09. The van der Waals surface area contributed by atoms with Gasteiger partial charge in [-0.25, -0.2) is 12.7 Å². The molecule has 1 atom stereocenters. The van der Waals surface area contributed by atoms with E-state index in [1.807, 2.05) is 25.1 Å². The van der Waals surface area contributed by atoms with Crippen LogP contribution in [0.25, 0.3) is 0 Å². The quantitative estimate of drug-likeness (QED) is 0.711. The molecule has 0 bridgehead atoms. The number of sulfonamides is 1. The maximum atomic E-state index is 12.5. The number of nitrogens with one attached hydrogen (secondary N) is 1. The van der Waals surface area contributed by atoms with E-state index in [1.54, 1.807) is 0 Å². The zero-order valence-corrected chi connectivity index (χ0v) is 16.7. The predicted octanol–water partition coefficient (Wildman–Crippen LogP) is 2.08. The van der Waals surface area contributed by atoms with E-state index in [0.29, 0.717) is 26.1 Å². The average molecular weight is 382 g/mol. The molecule has 0 aliphatic carbocycles. The Morgan fingerprint density at radius 2 is 2.00 bits per heavy atom. The fourth-order valence-corrected chi connectivity index (χ4v) is 4.95. The summed E-state index contributed by atoms with van der Waals surface area (Å²) in [5, 5.41) is 2.99. The van der Waals surface area contributed by atoms with Crippen LogP contribution in [0.4, 0.5) is 5.69 Å². The molecule has 26 heavy (non-hydrogen) atoms. The number of nitrogens with zero attached hydrogens (tertiary/aromatic N) is 2. The van der Waals surface area contributed by atoms with Gasteiger partial charge in [-0.15, -0.1) is 0 Å². The number of piperidine rings is 1. The minimum absolute atomic E-state index is 0.0366. The van der Waals surface area contributed by atoms with E-state index in [-0.39, 0.29) is 17.6 Å². The van der Waals surface area contributed by atoms with Gasteiger partial charge in [-0.2, -0.15) is 0 Å². The third-order valence-electron chi connectivity index (χ3n) is 4.79. The van der Waals surface area contributed by atoms with Crippen LogP contribution < -0.4 is 10.2 Å². The number of benzene rings is 1. The maximum absolute atomic E-state index is 12.5. The summed E-state index contributed by atoms with van der Waals surface area (Å²) >= 11 is 0. The molecule has 1 aliphatic heterocycles. The second kappa shape index (κ2) is 9.92. The number of amides is 1. The molecule has 0 spiro atoms. The molecule has 0 saturated carbocycles. The molecule has 1 saturated heterocycles. The summed E-state index contributed by atoms with van der Waals surface area (Å²) in [6, 6.07) is 10.1. The van der Waals surface area contributed by atoms with Crippen molar-refractivity contribution in [1.82, 2.24) is 9.62 Å². The van der Waals surface area contributed by atoms with E-state index in [2.05, 4.69) is 29.3 Å². The van der Waals surface area contributed by atoms with Gasteiger partial charge in [0, 0.05) is 38.4 Å². The van der Waals surface area contributed by atoms with Crippen LogP contribution in [0.1, 0.15) is 33.1 Å². The van der Waals surface area contributed by atoms with Gasteiger partial charge in [-0.05, 0) is 38.3 Å². The largest absolute Gasteiger partial charge is 0.370 e. The molecule has 7 heteroatoms. The van der Waals surface area contributed by atoms with Crippen molar-refractivity contribution in [2.45, 2.75) is 33.1 Å². The number of rotatable bonds is 9. The van der Waals surface area contributed by atoms with Crippen molar-refractivity contribution in [3.63, 3.8) is 0 Å². The molecule has 2 rings (SSSR count). The van der Waals surface area contributed by atoms with E-state index in [4.69, 9.17) is 0 Å². The fourth-order valence-electron chi connectivity index (χ4n) is 3.36. The van der Waals surface area contributed by atoms with Crippen molar-refractivity contribution in [2.75, 3.05) is 43.4 Å². The number of anilines is 1. The van der Waals surface area contributed by atoms with Gasteiger partial charge in [0.05, 0.1) is 11.7 Å². The van der Waals surface area contributed by atoms with Gasteiger partial charge in [-0.3, -0.25) is 4.79 Å². The second-order valence-corrected chi connectivity index (χ2v) is 8.81. The number of carbonyl (C=O) groups excluding carboxylic acids is 1.